The highest BCUT2D eigenvalue weighted by Gasteiger charge is 2.09. The molecule has 0 N–H and O–H groups in total. The molecule has 66 valence electrons. The molecule has 2 heteroatoms. The normalized spacial score (nSPS) is 17.2. The third-order valence-electron chi connectivity index (χ3n) is 2.06. The number of rotatable bonds is 1. The van der Waals surface area contributed by atoms with E-state index in [1.165, 1.54) is 5.56 Å². The number of hydrogen-bond acceptors (Lipinski definition) is 2. The Balaban J connectivity index is 2.49. The van der Waals surface area contributed by atoms with Gasteiger partial charge >= 0.3 is 0 Å². The van der Waals surface area contributed by atoms with E-state index in [1.807, 2.05) is 18.3 Å². The molecule has 1 heterocycles. The van der Waals surface area contributed by atoms with Crippen molar-refractivity contribution in [1.82, 2.24) is 0 Å². The SMILES string of the molecule is CO/C=C1/CN=Cc2ccccc21. The fourth-order valence-corrected chi connectivity index (χ4v) is 1.47. The smallest absolute Gasteiger partial charge is 0.0881 e. The van der Waals surface area contributed by atoms with E-state index in [2.05, 4.69) is 17.1 Å². The second-order valence-electron chi connectivity index (χ2n) is 2.94. The van der Waals surface area contributed by atoms with Crippen LogP contribution in [-0.2, 0) is 4.74 Å². The van der Waals surface area contributed by atoms with Gasteiger partial charge in [0.15, 0.2) is 0 Å². The van der Waals surface area contributed by atoms with Gasteiger partial charge in [-0.25, -0.2) is 0 Å². The largest absolute Gasteiger partial charge is 0.504 e. The quantitative estimate of drug-likeness (QED) is 0.596. The summed E-state index contributed by atoms with van der Waals surface area (Å²) in [5, 5.41) is 0. The highest BCUT2D eigenvalue weighted by atomic mass is 16.5. The predicted molar refractivity (Wildman–Crippen MR) is 53.9 cm³/mol. The maximum Gasteiger partial charge on any atom is 0.0881 e. The van der Waals surface area contributed by atoms with Gasteiger partial charge in [-0.05, 0) is 11.1 Å². The van der Waals surface area contributed by atoms with Crippen LogP contribution in [0, 0.1) is 0 Å². The van der Waals surface area contributed by atoms with E-state index >= 15 is 0 Å². The first-order chi connectivity index (χ1) is 6.42. The fourth-order valence-electron chi connectivity index (χ4n) is 1.47. The van der Waals surface area contributed by atoms with Gasteiger partial charge in [-0.15, -0.1) is 0 Å². The molecule has 1 aliphatic rings. The lowest BCUT2D eigenvalue weighted by atomic mass is 9.99. The maximum absolute atomic E-state index is 5.00. The number of fused-ring (bicyclic) bond motifs is 1. The summed E-state index contributed by atoms with van der Waals surface area (Å²) in [5.41, 5.74) is 3.53. The lowest BCUT2D eigenvalue weighted by Crippen LogP contribution is -2.01. The molecular formula is C11H11NO. The van der Waals surface area contributed by atoms with Gasteiger partial charge in [-0.2, -0.15) is 0 Å². The van der Waals surface area contributed by atoms with Gasteiger partial charge in [0.05, 0.1) is 19.9 Å². The average Bonchev–Trinajstić information content (AvgIpc) is 2.19. The van der Waals surface area contributed by atoms with Crippen LogP contribution in [0.1, 0.15) is 11.1 Å². The van der Waals surface area contributed by atoms with Crippen molar-refractivity contribution in [3.05, 3.63) is 41.7 Å². The van der Waals surface area contributed by atoms with Gasteiger partial charge in [0.2, 0.25) is 0 Å². The molecule has 2 rings (SSSR count). The summed E-state index contributed by atoms with van der Waals surface area (Å²) in [6.45, 7) is 0.713. The minimum Gasteiger partial charge on any atom is -0.504 e. The van der Waals surface area contributed by atoms with Crippen LogP contribution in [-0.4, -0.2) is 19.9 Å². The molecule has 0 spiro atoms. The van der Waals surface area contributed by atoms with E-state index in [9.17, 15) is 0 Å². The van der Waals surface area contributed by atoms with Crippen LogP contribution in [0.5, 0.6) is 0 Å². The van der Waals surface area contributed by atoms with Crippen LogP contribution in [0.2, 0.25) is 0 Å². The Morgan fingerprint density at radius 2 is 2.23 bits per heavy atom. The lowest BCUT2D eigenvalue weighted by molar-refractivity contribution is 0.339. The lowest BCUT2D eigenvalue weighted by Gasteiger charge is -2.12. The minimum absolute atomic E-state index is 0.713. The van der Waals surface area contributed by atoms with Crippen molar-refractivity contribution in [1.29, 1.82) is 0 Å². The summed E-state index contributed by atoms with van der Waals surface area (Å²) in [7, 11) is 1.66. The van der Waals surface area contributed by atoms with Gasteiger partial charge < -0.3 is 4.74 Å². The molecule has 0 aromatic heterocycles. The number of nitrogens with zero attached hydrogens (tertiary/aromatic N) is 1. The highest BCUT2D eigenvalue weighted by molar-refractivity contribution is 5.91. The van der Waals surface area contributed by atoms with Crippen molar-refractivity contribution in [2.45, 2.75) is 0 Å². The topological polar surface area (TPSA) is 21.6 Å². The summed E-state index contributed by atoms with van der Waals surface area (Å²) < 4.78 is 5.00. The number of hydrogen-bond donors (Lipinski definition) is 0. The zero-order valence-corrected chi connectivity index (χ0v) is 7.53. The Kier molecular flexibility index (Phi) is 2.13. The fraction of sp³-hybridized carbons (Fsp3) is 0.182. The third-order valence-corrected chi connectivity index (χ3v) is 2.06. The van der Waals surface area contributed by atoms with E-state index in [0.29, 0.717) is 6.54 Å². The van der Waals surface area contributed by atoms with Gasteiger partial charge in [0, 0.05) is 11.8 Å². The predicted octanol–water partition coefficient (Wildman–Crippen LogP) is 2.11. The van der Waals surface area contributed by atoms with E-state index in [-0.39, 0.29) is 0 Å². The Morgan fingerprint density at radius 3 is 3.08 bits per heavy atom. The number of aliphatic imine (C=N–C) groups is 1. The molecule has 0 radical (unpaired) electrons. The molecular weight excluding hydrogens is 162 g/mol. The summed E-state index contributed by atoms with van der Waals surface area (Å²) >= 11 is 0. The monoisotopic (exact) mass is 173 g/mol. The molecule has 0 bridgehead atoms. The van der Waals surface area contributed by atoms with Crippen molar-refractivity contribution >= 4 is 11.8 Å². The van der Waals surface area contributed by atoms with E-state index < -0.39 is 0 Å². The molecule has 13 heavy (non-hydrogen) atoms. The zero-order valence-electron chi connectivity index (χ0n) is 7.53. The number of benzene rings is 1. The van der Waals surface area contributed by atoms with Crippen LogP contribution < -0.4 is 0 Å². The molecule has 0 aliphatic carbocycles. The molecule has 1 aromatic rings. The first kappa shape index (κ1) is 8.05. The first-order valence-corrected chi connectivity index (χ1v) is 4.23. The number of methoxy groups -OCH3 is 1. The van der Waals surface area contributed by atoms with E-state index in [1.54, 1.807) is 13.4 Å². The number of ether oxygens (including phenoxy) is 1. The molecule has 0 saturated carbocycles. The van der Waals surface area contributed by atoms with Crippen LogP contribution in [0.4, 0.5) is 0 Å². The van der Waals surface area contributed by atoms with E-state index in [4.69, 9.17) is 4.74 Å². The highest BCUT2D eigenvalue weighted by Crippen LogP contribution is 2.21. The molecule has 0 amide bonds. The van der Waals surface area contributed by atoms with Gasteiger partial charge in [-0.3, -0.25) is 4.99 Å². The van der Waals surface area contributed by atoms with Crippen molar-refractivity contribution < 1.29 is 4.74 Å². The molecule has 0 fully saturated rings. The molecule has 0 saturated heterocycles. The van der Waals surface area contributed by atoms with Crippen LogP contribution in [0.3, 0.4) is 0 Å². The summed E-state index contributed by atoms with van der Waals surface area (Å²) in [5.74, 6) is 0. The standard InChI is InChI=1S/C11H11NO/c1-13-8-10-7-12-6-9-4-2-3-5-11(9)10/h2-6,8H,7H2,1H3/b10-8-. The van der Waals surface area contributed by atoms with Crippen molar-refractivity contribution in [2.75, 3.05) is 13.7 Å². The maximum atomic E-state index is 5.00. The molecule has 1 aromatic carbocycles. The van der Waals surface area contributed by atoms with Gasteiger partial charge in [-0.1, -0.05) is 24.3 Å². The second kappa shape index (κ2) is 3.44. The summed E-state index contributed by atoms with van der Waals surface area (Å²) in [4.78, 5) is 4.25. The van der Waals surface area contributed by atoms with Gasteiger partial charge in [0.1, 0.15) is 0 Å². The van der Waals surface area contributed by atoms with Crippen molar-refractivity contribution in [3.8, 4) is 0 Å². The molecule has 1 aliphatic heterocycles. The molecule has 2 nitrogen and oxygen atoms in total. The Bertz CT molecular complexity index is 366. The summed E-state index contributed by atoms with van der Waals surface area (Å²) in [6, 6.07) is 8.19. The Labute approximate surface area is 77.6 Å². The van der Waals surface area contributed by atoms with Crippen LogP contribution >= 0.6 is 0 Å². The summed E-state index contributed by atoms with van der Waals surface area (Å²) in [6.07, 6.45) is 3.66. The average molecular weight is 173 g/mol. The minimum atomic E-state index is 0.713. The van der Waals surface area contributed by atoms with Crippen molar-refractivity contribution in [2.24, 2.45) is 4.99 Å². The molecule has 0 unspecified atom stereocenters. The van der Waals surface area contributed by atoms with Crippen LogP contribution in [0.15, 0.2) is 35.5 Å². The Morgan fingerprint density at radius 1 is 1.38 bits per heavy atom. The zero-order chi connectivity index (χ0) is 9.10. The molecule has 0 atom stereocenters. The van der Waals surface area contributed by atoms with Gasteiger partial charge in [0.25, 0.3) is 0 Å². The second-order valence-corrected chi connectivity index (χ2v) is 2.94. The van der Waals surface area contributed by atoms with Crippen LogP contribution in [0.25, 0.3) is 5.57 Å². The third kappa shape index (κ3) is 1.47. The Hall–Kier alpha value is -1.57. The van der Waals surface area contributed by atoms with E-state index in [0.717, 1.165) is 11.1 Å². The van der Waals surface area contributed by atoms with Crippen molar-refractivity contribution in [3.63, 3.8) is 0 Å². The first-order valence-electron chi connectivity index (χ1n) is 4.23.